The van der Waals surface area contributed by atoms with Gasteiger partial charge in [-0.25, -0.2) is 8.78 Å². The van der Waals surface area contributed by atoms with Crippen molar-refractivity contribution >= 4 is 12.4 Å². The van der Waals surface area contributed by atoms with E-state index in [1.54, 1.807) is 0 Å². The van der Waals surface area contributed by atoms with Crippen LogP contribution in [-0.2, 0) is 0 Å². The van der Waals surface area contributed by atoms with Crippen molar-refractivity contribution in [3.05, 3.63) is 35.4 Å². The third-order valence-corrected chi connectivity index (χ3v) is 2.59. The van der Waals surface area contributed by atoms with Crippen LogP contribution in [0.2, 0.25) is 0 Å². The zero-order chi connectivity index (χ0) is 10.7. The van der Waals surface area contributed by atoms with Crippen molar-refractivity contribution in [2.24, 2.45) is 11.7 Å². The first-order chi connectivity index (χ1) is 6.57. The molecule has 1 aromatic rings. The van der Waals surface area contributed by atoms with Gasteiger partial charge in [0.05, 0.1) is 0 Å². The van der Waals surface area contributed by atoms with Crippen molar-refractivity contribution < 1.29 is 8.78 Å². The average Bonchev–Trinajstić information content (AvgIpc) is 2.16. The maximum absolute atomic E-state index is 13.3. The van der Waals surface area contributed by atoms with E-state index in [4.69, 9.17) is 5.73 Å². The molecule has 1 rings (SSSR count). The van der Waals surface area contributed by atoms with Gasteiger partial charge >= 0.3 is 0 Å². The summed E-state index contributed by atoms with van der Waals surface area (Å²) in [5, 5.41) is 0. The minimum absolute atomic E-state index is 0. The van der Waals surface area contributed by atoms with Crippen molar-refractivity contribution in [3.8, 4) is 0 Å². The molecule has 0 aromatic heterocycles. The third kappa shape index (κ3) is 3.14. The summed E-state index contributed by atoms with van der Waals surface area (Å²) >= 11 is 0. The fraction of sp³-hybridized carbons (Fsp3) is 0.455. The number of halogens is 3. The Morgan fingerprint density at radius 2 is 1.73 bits per heavy atom. The Kier molecular flexibility index (Phi) is 5.76. The van der Waals surface area contributed by atoms with Crippen LogP contribution < -0.4 is 5.73 Å². The molecule has 2 atom stereocenters. The monoisotopic (exact) mass is 235 g/mol. The first-order valence-electron chi connectivity index (χ1n) is 4.77. The van der Waals surface area contributed by atoms with Crippen LogP contribution in [0.15, 0.2) is 18.2 Å². The van der Waals surface area contributed by atoms with Crippen molar-refractivity contribution in [2.45, 2.75) is 26.3 Å². The van der Waals surface area contributed by atoms with Gasteiger partial charge in [0.1, 0.15) is 11.6 Å². The molecule has 1 nitrogen and oxygen atoms in total. The van der Waals surface area contributed by atoms with E-state index in [9.17, 15) is 8.78 Å². The molecule has 0 spiro atoms. The Labute approximate surface area is 95.1 Å². The van der Waals surface area contributed by atoms with E-state index in [2.05, 4.69) is 0 Å². The summed E-state index contributed by atoms with van der Waals surface area (Å²) in [6.45, 7) is 3.83. The highest BCUT2D eigenvalue weighted by Gasteiger charge is 2.20. The second-order valence-corrected chi connectivity index (χ2v) is 3.55. The number of hydrogen-bond donors (Lipinski definition) is 1. The first kappa shape index (κ1) is 14.3. The highest BCUT2D eigenvalue weighted by atomic mass is 35.5. The topological polar surface area (TPSA) is 26.0 Å². The Bertz CT molecular complexity index is 297. The van der Waals surface area contributed by atoms with E-state index in [0.29, 0.717) is 0 Å². The summed E-state index contributed by atoms with van der Waals surface area (Å²) in [6, 6.07) is 3.25. The number of nitrogens with two attached hydrogens (primary N) is 1. The molecule has 2 N–H and O–H groups in total. The second-order valence-electron chi connectivity index (χ2n) is 3.55. The molecular weight excluding hydrogens is 220 g/mol. The Hall–Kier alpha value is -0.670. The summed E-state index contributed by atoms with van der Waals surface area (Å²) in [4.78, 5) is 0. The fourth-order valence-electron chi connectivity index (χ4n) is 1.37. The van der Waals surface area contributed by atoms with Crippen molar-refractivity contribution in [3.63, 3.8) is 0 Å². The van der Waals surface area contributed by atoms with Crippen molar-refractivity contribution in [1.82, 2.24) is 0 Å². The Morgan fingerprint density at radius 1 is 1.27 bits per heavy atom. The summed E-state index contributed by atoms with van der Waals surface area (Å²) in [6.07, 6.45) is 0.801. The summed E-state index contributed by atoms with van der Waals surface area (Å²) in [5.74, 6) is -1.04. The smallest absolute Gasteiger partial charge is 0.130 e. The van der Waals surface area contributed by atoms with Crippen LogP contribution in [0.25, 0.3) is 0 Å². The van der Waals surface area contributed by atoms with Gasteiger partial charge in [-0.2, -0.15) is 0 Å². The molecule has 15 heavy (non-hydrogen) atoms. The van der Waals surface area contributed by atoms with Gasteiger partial charge in [-0.1, -0.05) is 26.3 Å². The number of benzene rings is 1. The van der Waals surface area contributed by atoms with E-state index in [0.717, 1.165) is 6.42 Å². The van der Waals surface area contributed by atoms with E-state index in [-0.39, 0.29) is 23.9 Å². The lowest BCUT2D eigenvalue weighted by Gasteiger charge is -2.19. The molecule has 0 aliphatic carbocycles. The number of rotatable bonds is 3. The highest BCUT2D eigenvalue weighted by molar-refractivity contribution is 5.85. The summed E-state index contributed by atoms with van der Waals surface area (Å²) in [5.41, 5.74) is 5.77. The van der Waals surface area contributed by atoms with Crippen LogP contribution in [0.1, 0.15) is 31.9 Å². The van der Waals surface area contributed by atoms with E-state index >= 15 is 0 Å². The van der Waals surface area contributed by atoms with Gasteiger partial charge in [0.15, 0.2) is 0 Å². The normalized spacial score (nSPS) is 14.2. The molecule has 0 saturated carbocycles. The first-order valence-corrected chi connectivity index (χ1v) is 4.77. The van der Waals surface area contributed by atoms with Crippen LogP contribution in [0.3, 0.4) is 0 Å². The van der Waals surface area contributed by atoms with Gasteiger partial charge in [0.2, 0.25) is 0 Å². The minimum atomic E-state index is -0.568. The Balaban J connectivity index is 0.00000196. The van der Waals surface area contributed by atoms with Crippen LogP contribution in [0.5, 0.6) is 0 Å². The molecule has 0 aliphatic rings. The molecule has 0 aliphatic heterocycles. The Morgan fingerprint density at radius 3 is 2.13 bits per heavy atom. The van der Waals surface area contributed by atoms with E-state index in [1.807, 2.05) is 13.8 Å². The summed E-state index contributed by atoms with van der Waals surface area (Å²) in [7, 11) is 0. The molecular formula is C11H16ClF2N. The van der Waals surface area contributed by atoms with E-state index < -0.39 is 17.7 Å². The van der Waals surface area contributed by atoms with Gasteiger partial charge in [0.25, 0.3) is 0 Å². The SMILES string of the molecule is CCC(C)[C@@H](N)c1c(F)cccc1F.Cl. The minimum Gasteiger partial charge on any atom is -0.324 e. The predicted octanol–water partition coefficient (Wildman–Crippen LogP) is 3.43. The molecule has 0 saturated heterocycles. The molecule has 0 fully saturated rings. The predicted molar refractivity (Wildman–Crippen MR) is 60.0 cm³/mol. The molecule has 86 valence electrons. The van der Waals surface area contributed by atoms with Crippen LogP contribution in [0.4, 0.5) is 8.78 Å². The van der Waals surface area contributed by atoms with Crippen LogP contribution in [-0.4, -0.2) is 0 Å². The second kappa shape index (κ2) is 6.03. The maximum Gasteiger partial charge on any atom is 0.130 e. The maximum atomic E-state index is 13.3. The lowest BCUT2D eigenvalue weighted by Crippen LogP contribution is -2.21. The molecule has 0 radical (unpaired) electrons. The molecule has 0 amide bonds. The molecule has 1 unspecified atom stereocenters. The van der Waals surface area contributed by atoms with Gasteiger partial charge in [-0.15, -0.1) is 12.4 Å². The largest absolute Gasteiger partial charge is 0.324 e. The fourth-order valence-corrected chi connectivity index (χ4v) is 1.37. The van der Waals surface area contributed by atoms with Gasteiger partial charge in [0, 0.05) is 11.6 Å². The standard InChI is InChI=1S/C11H15F2N.ClH/c1-3-7(2)11(14)10-8(12)5-4-6-9(10)13;/h4-7,11H,3,14H2,1-2H3;1H/t7?,11-;/m1./s1. The molecule has 1 aromatic carbocycles. The van der Waals surface area contributed by atoms with Crippen LogP contribution in [0, 0.1) is 17.6 Å². The lowest BCUT2D eigenvalue weighted by molar-refractivity contribution is 0.419. The number of hydrogen-bond acceptors (Lipinski definition) is 1. The lowest BCUT2D eigenvalue weighted by atomic mass is 9.93. The van der Waals surface area contributed by atoms with E-state index in [1.165, 1.54) is 18.2 Å². The van der Waals surface area contributed by atoms with Crippen molar-refractivity contribution in [2.75, 3.05) is 0 Å². The molecule has 4 heteroatoms. The highest BCUT2D eigenvalue weighted by Crippen LogP contribution is 2.26. The average molecular weight is 236 g/mol. The molecule has 0 bridgehead atoms. The van der Waals surface area contributed by atoms with Gasteiger partial charge in [-0.3, -0.25) is 0 Å². The van der Waals surface area contributed by atoms with Crippen LogP contribution >= 0.6 is 12.4 Å². The zero-order valence-corrected chi connectivity index (χ0v) is 9.65. The molecule has 0 heterocycles. The third-order valence-electron chi connectivity index (χ3n) is 2.59. The van der Waals surface area contributed by atoms with Gasteiger partial charge in [-0.05, 0) is 18.1 Å². The van der Waals surface area contributed by atoms with Gasteiger partial charge < -0.3 is 5.73 Å². The van der Waals surface area contributed by atoms with Crippen molar-refractivity contribution in [1.29, 1.82) is 0 Å². The quantitative estimate of drug-likeness (QED) is 0.854. The summed E-state index contributed by atoms with van der Waals surface area (Å²) < 4.78 is 26.6. The zero-order valence-electron chi connectivity index (χ0n) is 8.84.